The largest absolute Gasteiger partial charge is 0.616 e. The molecule has 0 saturated heterocycles. The second-order valence-electron chi connectivity index (χ2n) is 4.22. The van der Waals surface area contributed by atoms with E-state index in [2.05, 4.69) is 17.0 Å². The summed E-state index contributed by atoms with van der Waals surface area (Å²) in [6.07, 6.45) is 3.11. The molecule has 19 heavy (non-hydrogen) atoms. The quantitative estimate of drug-likeness (QED) is 0.361. The van der Waals surface area contributed by atoms with E-state index < -0.39 is 29.3 Å². The zero-order valence-corrected chi connectivity index (χ0v) is 12.3. The number of methoxy groups -OCH3 is 1. The van der Waals surface area contributed by atoms with Crippen LogP contribution in [-0.2, 0) is 20.7 Å². The number of unbranched alkanes of at least 4 members (excludes halogenated alkanes) is 3. The Morgan fingerprint density at radius 3 is 2.53 bits per heavy atom. The molecule has 0 bridgehead atoms. The van der Waals surface area contributed by atoms with Gasteiger partial charge in [-0.05, 0) is 12.8 Å². The Labute approximate surface area is 117 Å². The molecule has 0 aliphatic rings. The van der Waals surface area contributed by atoms with Crippen LogP contribution in [0.3, 0.4) is 0 Å². The highest BCUT2D eigenvalue weighted by Crippen LogP contribution is 2.06. The number of rotatable bonds is 10. The zero-order chi connectivity index (χ0) is 14.7. The molecule has 0 aromatic heterocycles. The van der Waals surface area contributed by atoms with Crippen LogP contribution in [0.15, 0.2) is 0 Å². The number of nitrogens with one attached hydrogen (secondary N) is 1. The van der Waals surface area contributed by atoms with Crippen LogP contribution in [-0.4, -0.2) is 46.4 Å². The van der Waals surface area contributed by atoms with Crippen molar-refractivity contribution in [2.45, 2.75) is 45.1 Å². The van der Waals surface area contributed by atoms with E-state index in [0.29, 0.717) is 11.5 Å². The molecule has 0 fully saturated rings. The third-order valence-electron chi connectivity index (χ3n) is 2.64. The molecule has 112 valence electrons. The molecule has 0 aromatic carbocycles. The first-order valence-corrected chi connectivity index (χ1v) is 7.92. The third-order valence-corrected chi connectivity index (χ3v) is 4.08. The summed E-state index contributed by atoms with van der Waals surface area (Å²) >= 11 is -1.02. The first kappa shape index (κ1) is 18.0. The van der Waals surface area contributed by atoms with E-state index >= 15 is 0 Å². The number of esters is 1. The van der Waals surface area contributed by atoms with Gasteiger partial charge in [-0.3, -0.25) is 0 Å². The van der Waals surface area contributed by atoms with Gasteiger partial charge in [0.05, 0.1) is 7.11 Å². The zero-order valence-electron chi connectivity index (χ0n) is 11.5. The molecule has 0 aromatic rings. The Morgan fingerprint density at radius 2 is 2.00 bits per heavy atom. The summed E-state index contributed by atoms with van der Waals surface area (Å²) in [6, 6.07) is -0.943. The second-order valence-corrected chi connectivity index (χ2v) is 5.92. The molecule has 2 N–H and O–H groups in total. The first-order valence-electron chi connectivity index (χ1n) is 6.43. The molecule has 0 heterocycles. The van der Waals surface area contributed by atoms with Crippen LogP contribution in [0.2, 0.25) is 0 Å². The van der Waals surface area contributed by atoms with Crippen LogP contribution >= 0.6 is 0 Å². The summed E-state index contributed by atoms with van der Waals surface area (Å²) in [7, 11) is 1.20. The van der Waals surface area contributed by atoms with E-state index in [4.69, 9.17) is 5.11 Å². The smallest absolute Gasteiger partial charge is 0.405 e. The maximum Gasteiger partial charge on any atom is 0.405 e. The van der Waals surface area contributed by atoms with Gasteiger partial charge in [0, 0.05) is 6.42 Å². The lowest BCUT2D eigenvalue weighted by atomic mass is 10.2. The van der Waals surface area contributed by atoms with Gasteiger partial charge in [0.1, 0.15) is 17.5 Å². The van der Waals surface area contributed by atoms with Crippen molar-refractivity contribution in [3.05, 3.63) is 0 Å². The third kappa shape index (κ3) is 9.61. The minimum Gasteiger partial charge on any atom is -0.616 e. The molecule has 0 aliphatic heterocycles. The van der Waals surface area contributed by atoms with E-state index in [9.17, 15) is 14.1 Å². The number of carbonyl (C=O) groups excluding carboxylic acids is 1. The van der Waals surface area contributed by atoms with Crippen LogP contribution in [0.1, 0.15) is 39.0 Å². The number of ether oxygens (including phenoxy) is 1. The highest BCUT2D eigenvalue weighted by atomic mass is 32.2. The van der Waals surface area contributed by atoms with E-state index in [0.717, 1.165) is 25.7 Å². The number of hydrogen-bond acceptors (Lipinski definition) is 4. The molecule has 7 heteroatoms. The van der Waals surface area contributed by atoms with Gasteiger partial charge in [0.2, 0.25) is 0 Å². The van der Waals surface area contributed by atoms with E-state index in [1.165, 1.54) is 7.11 Å². The number of carboxylic acid groups (broad SMARTS) is 1. The van der Waals surface area contributed by atoms with Gasteiger partial charge >= 0.3 is 12.1 Å². The van der Waals surface area contributed by atoms with Crippen molar-refractivity contribution in [3.63, 3.8) is 0 Å². The molecule has 6 nitrogen and oxygen atoms in total. The molecule has 0 aliphatic carbocycles. The molecular formula is C12H23NO5S. The van der Waals surface area contributed by atoms with Crippen molar-refractivity contribution in [1.29, 1.82) is 0 Å². The Bertz CT molecular complexity index is 275. The standard InChI is InChI=1S/C12H23NO5S/c1-3-4-5-6-8-19(17)9-7-10(11(14)18-2)13-12(15)16/h10,13H,3-9H2,1-2H3,(H,15,16)/t10-,19?/m0/s1. The fourth-order valence-electron chi connectivity index (χ4n) is 1.58. The first-order chi connectivity index (χ1) is 9.01. The van der Waals surface area contributed by atoms with Crippen molar-refractivity contribution >= 4 is 23.2 Å². The lowest BCUT2D eigenvalue weighted by Gasteiger charge is -2.16. The normalized spacial score (nSPS) is 13.6. The summed E-state index contributed by atoms with van der Waals surface area (Å²) < 4.78 is 16.2. The van der Waals surface area contributed by atoms with Crippen molar-refractivity contribution in [3.8, 4) is 0 Å². The van der Waals surface area contributed by atoms with E-state index in [-0.39, 0.29) is 6.42 Å². The van der Waals surface area contributed by atoms with Crippen LogP contribution < -0.4 is 5.32 Å². The summed E-state index contributed by atoms with van der Waals surface area (Å²) in [5.41, 5.74) is 0. The summed E-state index contributed by atoms with van der Waals surface area (Å²) in [5.74, 6) is 0.248. The molecular weight excluding hydrogens is 270 g/mol. The van der Waals surface area contributed by atoms with Gasteiger partial charge in [-0.25, -0.2) is 9.59 Å². The average Bonchev–Trinajstić information content (AvgIpc) is 2.38. The minimum absolute atomic E-state index is 0.194. The Morgan fingerprint density at radius 1 is 1.32 bits per heavy atom. The van der Waals surface area contributed by atoms with E-state index in [1.807, 2.05) is 0 Å². The summed E-state index contributed by atoms with van der Waals surface area (Å²) in [5, 5.41) is 10.7. The van der Waals surface area contributed by atoms with Gasteiger partial charge in [-0.1, -0.05) is 30.9 Å². The molecule has 0 saturated carbocycles. The van der Waals surface area contributed by atoms with Crippen molar-refractivity contribution in [1.82, 2.24) is 5.32 Å². The fraction of sp³-hybridized carbons (Fsp3) is 0.833. The van der Waals surface area contributed by atoms with Crippen LogP contribution in [0.25, 0.3) is 0 Å². The number of carbonyl (C=O) groups is 2. The average molecular weight is 293 g/mol. The Hall–Kier alpha value is -0.950. The predicted molar refractivity (Wildman–Crippen MR) is 73.6 cm³/mol. The van der Waals surface area contributed by atoms with Crippen LogP contribution in [0.4, 0.5) is 4.79 Å². The summed E-state index contributed by atoms with van der Waals surface area (Å²) in [4.78, 5) is 21.8. The highest BCUT2D eigenvalue weighted by molar-refractivity contribution is 7.91. The molecule has 0 spiro atoms. The Kier molecular flexibility index (Phi) is 10.4. The molecule has 2 atom stereocenters. The van der Waals surface area contributed by atoms with E-state index in [1.54, 1.807) is 0 Å². The summed E-state index contributed by atoms with van der Waals surface area (Å²) in [6.45, 7) is 2.11. The van der Waals surface area contributed by atoms with Crippen molar-refractivity contribution < 1.29 is 24.0 Å². The number of amides is 1. The van der Waals surface area contributed by atoms with Crippen LogP contribution in [0, 0.1) is 0 Å². The number of hydrogen-bond donors (Lipinski definition) is 2. The molecule has 1 unspecified atom stereocenters. The topological polar surface area (TPSA) is 98.7 Å². The van der Waals surface area contributed by atoms with Gasteiger partial charge < -0.3 is 19.7 Å². The SMILES string of the molecule is CCCCCC[S+]([O-])CC[C@H](NC(=O)O)C(=O)OC. The van der Waals surface area contributed by atoms with Gasteiger partial charge in [-0.15, -0.1) is 0 Å². The van der Waals surface area contributed by atoms with Crippen LogP contribution in [0.5, 0.6) is 0 Å². The molecule has 0 radical (unpaired) electrons. The highest BCUT2D eigenvalue weighted by Gasteiger charge is 2.23. The van der Waals surface area contributed by atoms with Gasteiger partial charge in [-0.2, -0.15) is 0 Å². The van der Waals surface area contributed by atoms with Crippen molar-refractivity contribution in [2.75, 3.05) is 18.6 Å². The monoisotopic (exact) mass is 293 g/mol. The molecule has 0 rings (SSSR count). The lowest BCUT2D eigenvalue weighted by Crippen LogP contribution is -2.42. The van der Waals surface area contributed by atoms with Gasteiger partial charge in [0.15, 0.2) is 0 Å². The second kappa shape index (κ2) is 10.9. The maximum atomic E-state index is 11.7. The predicted octanol–water partition coefficient (Wildman–Crippen LogP) is 1.51. The minimum atomic E-state index is -1.29. The Balaban J connectivity index is 3.95. The van der Waals surface area contributed by atoms with Crippen molar-refractivity contribution in [2.24, 2.45) is 0 Å². The molecule has 1 amide bonds. The lowest BCUT2D eigenvalue weighted by molar-refractivity contribution is -0.143. The fourth-order valence-corrected chi connectivity index (χ4v) is 2.81. The van der Waals surface area contributed by atoms with Gasteiger partial charge in [0.25, 0.3) is 0 Å². The maximum absolute atomic E-state index is 11.7.